The highest BCUT2D eigenvalue weighted by Crippen LogP contribution is 2.43. The van der Waals surface area contributed by atoms with Gasteiger partial charge in [0.15, 0.2) is 0 Å². The van der Waals surface area contributed by atoms with Crippen LogP contribution >= 0.6 is 23.4 Å². The van der Waals surface area contributed by atoms with Crippen molar-refractivity contribution in [1.29, 1.82) is 5.26 Å². The number of hydrogen-bond donors (Lipinski definition) is 2. The summed E-state index contributed by atoms with van der Waals surface area (Å²) in [5.41, 5.74) is 2.29. The Morgan fingerprint density at radius 3 is 2.60 bits per heavy atom. The predicted octanol–water partition coefficient (Wildman–Crippen LogP) is 5.15. The first-order valence-electron chi connectivity index (χ1n) is 10.6. The zero-order chi connectivity index (χ0) is 25.4. The Kier molecular flexibility index (Phi) is 9.01. The van der Waals surface area contributed by atoms with Crippen LogP contribution in [0.2, 0.25) is 5.02 Å². The Morgan fingerprint density at radius 2 is 1.97 bits per heavy atom. The number of anilines is 1. The average Bonchev–Trinajstić information content (AvgIpc) is 2.86. The molecule has 1 aliphatic heterocycles. The number of nitrogens with one attached hydrogen (secondary N) is 2. The highest BCUT2D eigenvalue weighted by atomic mass is 35.5. The monoisotopic (exact) mass is 509 g/mol. The number of esters is 1. The summed E-state index contributed by atoms with van der Waals surface area (Å²) < 4.78 is 10.4. The zero-order valence-corrected chi connectivity index (χ0v) is 20.8. The molecule has 2 aromatic carbocycles. The lowest BCUT2D eigenvalue weighted by Gasteiger charge is -2.29. The van der Waals surface area contributed by atoms with Crippen LogP contribution in [0.15, 0.2) is 83.1 Å². The smallest absolute Gasteiger partial charge is 0.337 e. The van der Waals surface area contributed by atoms with Gasteiger partial charge in [0.25, 0.3) is 0 Å². The summed E-state index contributed by atoms with van der Waals surface area (Å²) in [7, 11) is 1.57. The fourth-order valence-electron chi connectivity index (χ4n) is 3.54. The van der Waals surface area contributed by atoms with E-state index in [4.69, 9.17) is 21.1 Å². The number of nitriles is 1. The van der Waals surface area contributed by atoms with Crippen LogP contribution < -0.4 is 15.4 Å². The van der Waals surface area contributed by atoms with E-state index in [-0.39, 0.29) is 29.4 Å². The van der Waals surface area contributed by atoms with E-state index in [0.717, 1.165) is 0 Å². The molecule has 0 aliphatic carbocycles. The topological polar surface area (TPSA) is 100 Å². The molecule has 2 aromatic rings. The van der Waals surface area contributed by atoms with E-state index in [0.29, 0.717) is 32.7 Å². The van der Waals surface area contributed by atoms with Gasteiger partial charge in [0.2, 0.25) is 5.91 Å². The largest absolute Gasteiger partial charge is 0.497 e. The Hall–Kier alpha value is -3.67. The van der Waals surface area contributed by atoms with Gasteiger partial charge < -0.3 is 20.1 Å². The van der Waals surface area contributed by atoms with E-state index >= 15 is 0 Å². The number of allylic oxidation sites excluding steroid dienone is 2. The highest BCUT2D eigenvalue weighted by Gasteiger charge is 2.36. The highest BCUT2D eigenvalue weighted by molar-refractivity contribution is 8.03. The van der Waals surface area contributed by atoms with Crippen LogP contribution in [0.25, 0.3) is 0 Å². The quantitative estimate of drug-likeness (QED) is 0.356. The molecule has 0 saturated carbocycles. The number of nitrogens with zero attached hydrogens (tertiary/aromatic N) is 1. The van der Waals surface area contributed by atoms with Crippen LogP contribution in [0.4, 0.5) is 5.69 Å². The molecule has 0 fully saturated rings. The standard InChI is InChI=1S/C26H24ClN3O4S/c1-4-13-34-26(32)23-16(2)29-25(20(14-28)24(23)19-7-5-6-8-21(19)27)35-15-22(31)30-17-9-11-18(33-3)12-10-17/h4-12,24,29H,1,13,15H2,2-3H3,(H,30,31)/t24-/m1/s1. The van der Waals surface area contributed by atoms with Crippen molar-refractivity contribution in [2.75, 3.05) is 24.8 Å². The number of carbonyl (C=O) groups is 2. The number of halogens is 1. The van der Waals surface area contributed by atoms with Gasteiger partial charge >= 0.3 is 5.97 Å². The third-order valence-corrected chi connectivity index (χ3v) is 6.50. The Morgan fingerprint density at radius 1 is 1.26 bits per heavy atom. The summed E-state index contributed by atoms with van der Waals surface area (Å²) in [6.07, 6.45) is 1.47. The van der Waals surface area contributed by atoms with Crippen molar-refractivity contribution < 1.29 is 19.1 Å². The molecular formula is C26H24ClN3O4S. The fourth-order valence-corrected chi connectivity index (χ4v) is 4.68. The van der Waals surface area contributed by atoms with Crippen molar-refractivity contribution in [3.63, 3.8) is 0 Å². The molecule has 3 rings (SSSR count). The van der Waals surface area contributed by atoms with E-state index in [1.54, 1.807) is 62.6 Å². The maximum absolute atomic E-state index is 12.9. The molecule has 0 unspecified atom stereocenters. The van der Waals surface area contributed by atoms with E-state index in [1.807, 2.05) is 0 Å². The van der Waals surface area contributed by atoms with Gasteiger partial charge in [0.1, 0.15) is 12.4 Å². The SMILES string of the molecule is C=CCOC(=O)C1=C(C)NC(SCC(=O)Nc2ccc(OC)cc2)=C(C#N)[C@H]1c1ccccc1Cl. The maximum atomic E-state index is 12.9. The second-order valence-corrected chi connectivity index (χ2v) is 8.82. The summed E-state index contributed by atoms with van der Waals surface area (Å²) in [4.78, 5) is 25.5. The number of benzene rings is 2. The van der Waals surface area contributed by atoms with Crippen LogP contribution in [0.5, 0.6) is 5.75 Å². The number of methoxy groups -OCH3 is 1. The molecule has 0 bridgehead atoms. The van der Waals surface area contributed by atoms with E-state index in [2.05, 4.69) is 23.3 Å². The summed E-state index contributed by atoms with van der Waals surface area (Å²) in [5.74, 6) is -0.853. The van der Waals surface area contributed by atoms with Gasteiger partial charge in [-0.1, -0.05) is 54.2 Å². The first-order chi connectivity index (χ1) is 16.9. The number of thioether (sulfide) groups is 1. The third-order valence-electron chi connectivity index (χ3n) is 5.14. The second kappa shape index (κ2) is 12.2. The molecule has 1 atom stereocenters. The molecule has 35 heavy (non-hydrogen) atoms. The lowest BCUT2D eigenvalue weighted by Crippen LogP contribution is -2.29. The Bertz CT molecular complexity index is 1230. The lowest BCUT2D eigenvalue weighted by molar-refractivity contribution is -0.138. The minimum atomic E-state index is -0.751. The van der Waals surface area contributed by atoms with Gasteiger partial charge in [-0.05, 0) is 42.8 Å². The predicted molar refractivity (Wildman–Crippen MR) is 138 cm³/mol. The Labute approximate surface area is 213 Å². The number of rotatable bonds is 9. The normalized spacial score (nSPS) is 15.1. The molecule has 0 radical (unpaired) electrons. The summed E-state index contributed by atoms with van der Waals surface area (Å²) >= 11 is 7.63. The number of amides is 1. The molecule has 180 valence electrons. The fraction of sp³-hybridized carbons (Fsp3) is 0.192. The number of carbonyl (C=O) groups excluding carboxylic acids is 2. The zero-order valence-electron chi connectivity index (χ0n) is 19.3. The minimum Gasteiger partial charge on any atom is -0.497 e. The summed E-state index contributed by atoms with van der Waals surface area (Å²) in [6.45, 7) is 5.33. The van der Waals surface area contributed by atoms with Gasteiger partial charge in [-0.15, -0.1) is 0 Å². The summed E-state index contributed by atoms with van der Waals surface area (Å²) in [5, 5.41) is 16.9. The van der Waals surface area contributed by atoms with Gasteiger partial charge in [-0.3, -0.25) is 4.79 Å². The van der Waals surface area contributed by atoms with Crippen LogP contribution in [-0.4, -0.2) is 31.3 Å². The molecule has 1 aliphatic rings. The third kappa shape index (κ3) is 6.27. The van der Waals surface area contributed by atoms with E-state index < -0.39 is 11.9 Å². The first kappa shape index (κ1) is 25.9. The second-order valence-electron chi connectivity index (χ2n) is 7.43. The number of dihydropyridines is 1. The van der Waals surface area contributed by atoms with Crippen molar-refractivity contribution in [3.8, 4) is 11.8 Å². The minimum absolute atomic E-state index is 0.0313. The molecule has 1 amide bonds. The molecule has 0 spiro atoms. The van der Waals surface area contributed by atoms with Crippen LogP contribution in [0.3, 0.4) is 0 Å². The lowest BCUT2D eigenvalue weighted by atomic mass is 9.82. The molecule has 0 aromatic heterocycles. The van der Waals surface area contributed by atoms with Crippen LogP contribution in [0.1, 0.15) is 18.4 Å². The molecule has 1 heterocycles. The first-order valence-corrected chi connectivity index (χ1v) is 12.0. The van der Waals surface area contributed by atoms with Crippen molar-refractivity contribution in [3.05, 3.63) is 93.6 Å². The average molecular weight is 510 g/mol. The van der Waals surface area contributed by atoms with Crippen molar-refractivity contribution in [1.82, 2.24) is 5.32 Å². The molecule has 9 heteroatoms. The van der Waals surface area contributed by atoms with Crippen molar-refractivity contribution in [2.24, 2.45) is 0 Å². The number of hydrogen-bond acceptors (Lipinski definition) is 7. The molecule has 0 saturated heterocycles. The van der Waals surface area contributed by atoms with E-state index in [9.17, 15) is 14.9 Å². The van der Waals surface area contributed by atoms with Crippen molar-refractivity contribution >= 4 is 40.9 Å². The Balaban J connectivity index is 1.88. The molecule has 2 N–H and O–H groups in total. The number of ether oxygens (including phenoxy) is 2. The molecular weight excluding hydrogens is 486 g/mol. The molecule has 7 nitrogen and oxygen atoms in total. The van der Waals surface area contributed by atoms with Gasteiger partial charge in [-0.25, -0.2) is 4.79 Å². The van der Waals surface area contributed by atoms with Gasteiger partial charge in [-0.2, -0.15) is 5.26 Å². The summed E-state index contributed by atoms with van der Waals surface area (Å²) in [6, 6.07) is 16.2. The van der Waals surface area contributed by atoms with Gasteiger partial charge in [0, 0.05) is 16.4 Å². The van der Waals surface area contributed by atoms with Crippen LogP contribution in [-0.2, 0) is 14.3 Å². The van der Waals surface area contributed by atoms with Gasteiger partial charge in [0.05, 0.1) is 41.0 Å². The van der Waals surface area contributed by atoms with E-state index in [1.165, 1.54) is 17.8 Å². The van der Waals surface area contributed by atoms with Crippen molar-refractivity contribution in [2.45, 2.75) is 12.8 Å². The van der Waals surface area contributed by atoms with Crippen LogP contribution in [0, 0.1) is 11.3 Å². The maximum Gasteiger partial charge on any atom is 0.337 e.